The van der Waals surface area contributed by atoms with Crippen LogP contribution in [0.2, 0.25) is 0 Å². The van der Waals surface area contributed by atoms with Gasteiger partial charge in [0.1, 0.15) is 5.75 Å². The smallest absolute Gasteiger partial charge is 0.191 e. The fraction of sp³-hybridized carbons (Fsp3) is 0.333. The van der Waals surface area contributed by atoms with E-state index in [0.717, 1.165) is 35.9 Å². The summed E-state index contributed by atoms with van der Waals surface area (Å²) < 4.78 is 5.63. The second-order valence-electron chi connectivity index (χ2n) is 4.96. The molecule has 0 atom stereocenters. The number of para-hydroxylation sites is 1. The molecule has 122 valence electrons. The molecule has 1 aromatic heterocycles. The third kappa shape index (κ3) is 5.62. The third-order valence-electron chi connectivity index (χ3n) is 3.34. The van der Waals surface area contributed by atoms with E-state index in [9.17, 15) is 0 Å². The zero-order valence-corrected chi connectivity index (χ0v) is 13.7. The van der Waals surface area contributed by atoms with Crippen LogP contribution in [0.1, 0.15) is 18.2 Å². The molecular weight excluding hydrogens is 288 g/mol. The molecule has 0 fully saturated rings. The largest absolute Gasteiger partial charge is 0.494 e. The van der Waals surface area contributed by atoms with Crippen molar-refractivity contribution in [1.29, 1.82) is 0 Å². The Bertz CT molecular complexity index is 613. The lowest BCUT2D eigenvalue weighted by Crippen LogP contribution is -2.38. The van der Waals surface area contributed by atoms with Gasteiger partial charge >= 0.3 is 0 Å². The van der Waals surface area contributed by atoms with Gasteiger partial charge in [0.2, 0.25) is 0 Å². The van der Waals surface area contributed by atoms with Crippen molar-refractivity contribution in [2.45, 2.75) is 19.9 Å². The van der Waals surface area contributed by atoms with Gasteiger partial charge in [-0.25, -0.2) is 0 Å². The summed E-state index contributed by atoms with van der Waals surface area (Å²) in [5.74, 6) is 1.68. The van der Waals surface area contributed by atoms with E-state index < -0.39 is 0 Å². The molecule has 0 bridgehead atoms. The van der Waals surface area contributed by atoms with Crippen LogP contribution in [0.5, 0.6) is 5.75 Å². The maximum absolute atomic E-state index is 5.63. The molecule has 0 saturated heterocycles. The number of benzene rings is 1. The molecule has 23 heavy (non-hydrogen) atoms. The van der Waals surface area contributed by atoms with Crippen LogP contribution in [0.15, 0.2) is 53.7 Å². The highest BCUT2D eigenvalue weighted by Gasteiger charge is 2.04. The zero-order valence-electron chi connectivity index (χ0n) is 13.7. The van der Waals surface area contributed by atoms with Crippen molar-refractivity contribution >= 4 is 5.96 Å². The van der Waals surface area contributed by atoms with E-state index in [4.69, 9.17) is 4.74 Å². The fourth-order valence-electron chi connectivity index (χ4n) is 2.20. The maximum Gasteiger partial charge on any atom is 0.191 e. The molecule has 2 aromatic rings. The van der Waals surface area contributed by atoms with Crippen LogP contribution < -0.4 is 15.4 Å². The first kappa shape index (κ1) is 16.8. The number of hydrogen-bond acceptors (Lipinski definition) is 3. The van der Waals surface area contributed by atoms with Gasteiger partial charge in [-0.05, 0) is 25.1 Å². The van der Waals surface area contributed by atoms with E-state index in [2.05, 4.69) is 26.7 Å². The highest BCUT2D eigenvalue weighted by molar-refractivity contribution is 5.79. The number of guanidine groups is 1. The van der Waals surface area contributed by atoms with Gasteiger partial charge < -0.3 is 15.4 Å². The van der Waals surface area contributed by atoms with Crippen LogP contribution in [0.3, 0.4) is 0 Å². The van der Waals surface area contributed by atoms with Crippen LogP contribution >= 0.6 is 0 Å². The summed E-state index contributed by atoms with van der Waals surface area (Å²) in [5.41, 5.74) is 2.18. The molecule has 1 heterocycles. The van der Waals surface area contributed by atoms with Gasteiger partial charge in [-0.3, -0.25) is 9.98 Å². The van der Waals surface area contributed by atoms with Crippen molar-refractivity contribution in [2.24, 2.45) is 4.99 Å². The highest BCUT2D eigenvalue weighted by Crippen LogP contribution is 2.17. The van der Waals surface area contributed by atoms with Crippen molar-refractivity contribution < 1.29 is 4.74 Å². The summed E-state index contributed by atoms with van der Waals surface area (Å²) in [6, 6.07) is 14.0. The van der Waals surface area contributed by atoms with Crippen molar-refractivity contribution in [3.63, 3.8) is 0 Å². The topological polar surface area (TPSA) is 58.5 Å². The number of aliphatic imine (C=N–C) groups is 1. The van der Waals surface area contributed by atoms with Crippen LogP contribution in [-0.4, -0.2) is 31.1 Å². The van der Waals surface area contributed by atoms with Crippen LogP contribution in [-0.2, 0) is 13.0 Å². The van der Waals surface area contributed by atoms with E-state index in [1.807, 2.05) is 49.5 Å². The van der Waals surface area contributed by atoms with E-state index in [1.165, 1.54) is 0 Å². The monoisotopic (exact) mass is 312 g/mol. The Morgan fingerprint density at radius 1 is 1.13 bits per heavy atom. The predicted molar refractivity (Wildman–Crippen MR) is 93.8 cm³/mol. The Morgan fingerprint density at radius 3 is 2.70 bits per heavy atom. The number of hydrogen-bond donors (Lipinski definition) is 2. The Balaban J connectivity index is 1.81. The molecule has 2 rings (SSSR count). The van der Waals surface area contributed by atoms with E-state index in [0.29, 0.717) is 13.2 Å². The molecule has 5 nitrogen and oxygen atoms in total. The van der Waals surface area contributed by atoms with Crippen molar-refractivity contribution in [3.05, 3.63) is 59.9 Å². The summed E-state index contributed by atoms with van der Waals surface area (Å²) in [4.78, 5) is 8.55. The molecule has 0 spiro atoms. The number of nitrogens with one attached hydrogen (secondary N) is 2. The minimum Gasteiger partial charge on any atom is -0.494 e. The second kappa shape index (κ2) is 9.46. The van der Waals surface area contributed by atoms with E-state index in [-0.39, 0.29) is 0 Å². The van der Waals surface area contributed by atoms with Gasteiger partial charge in [0.05, 0.1) is 6.61 Å². The van der Waals surface area contributed by atoms with Crippen molar-refractivity contribution in [1.82, 2.24) is 15.6 Å². The van der Waals surface area contributed by atoms with Crippen LogP contribution in [0.25, 0.3) is 0 Å². The van der Waals surface area contributed by atoms with Crippen molar-refractivity contribution in [3.8, 4) is 5.75 Å². The molecule has 2 N–H and O–H groups in total. The summed E-state index contributed by atoms with van der Waals surface area (Å²) >= 11 is 0. The quantitative estimate of drug-likeness (QED) is 0.609. The predicted octanol–water partition coefficient (Wildman–Crippen LogP) is 2.39. The zero-order chi connectivity index (χ0) is 16.3. The molecule has 0 radical (unpaired) electrons. The molecular formula is C18H24N4O. The molecule has 0 aliphatic heterocycles. The molecule has 0 unspecified atom stereocenters. The first-order valence-electron chi connectivity index (χ1n) is 7.88. The standard InChI is InChI=1S/C18H24N4O/c1-3-23-17-10-5-4-8-15(17)14-22-18(19-2)21-13-11-16-9-6-7-12-20-16/h4-10,12H,3,11,13-14H2,1-2H3,(H2,19,21,22). The lowest BCUT2D eigenvalue weighted by molar-refractivity contribution is 0.336. The molecule has 1 aromatic carbocycles. The average molecular weight is 312 g/mol. The number of pyridine rings is 1. The summed E-state index contributed by atoms with van der Waals surface area (Å²) in [6.45, 7) is 4.10. The van der Waals surface area contributed by atoms with Crippen molar-refractivity contribution in [2.75, 3.05) is 20.2 Å². The third-order valence-corrected chi connectivity index (χ3v) is 3.34. The second-order valence-corrected chi connectivity index (χ2v) is 4.96. The van der Waals surface area contributed by atoms with Gasteiger partial charge in [0.15, 0.2) is 5.96 Å². The first-order chi connectivity index (χ1) is 11.3. The number of ether oxygens (including phenoxy) is 1. The first-order valence-corrected chi connectivity index (χ1v) is 7.88. The maximum atomic E-state index is 5.63. The molecule has 0 aliphatic rings. The SMILES string of the molecule is CCOc1ccccc1CNC(=NC)NCCc1ccccn1. The van der Waals surface area contributed by atoms with Gasteiger partial charge in [0, 0.05) is 44.0 Å². The number of nitrogens with zero attached hydrogens (tertiary/aromatic N) is 2. The van der Waals surface area contributed by atoms with Crippen LogP contribution in [0.4, 0.5) is 0 Å². The van der Waals surface area contributed by atoms with Crippen LogP contribution in [0, 0.1) is 0 Å². The normalized spacial score (nSPS) is 11.1. The van der Waals surface area contributed by atoms with Gasteiger partial charge in [-0.2, -0.15) is 0 Å². The molecule has 5 heteroatoms. The highest BCUT2D eigenvalue weighted by atomic mass is 16.5. The van der Waals surface area contributed by atoms with Gasteiger partial charge in [-0.1, -0.05) is 24.3 Å². The van der Waals surface area contributed by atoms with E-state index >= 15 is 0 Å². The fourth-order valence-corrected chi connectivity index (χ4v) is 2.20. The minimum atomic E-state index is 0.661. The Hall–Kier alpha value is -2.56. The number of aromatic nitrogens is 1. The molecule has 0 saturated carbocycles. The van der Waals surface area contributed by atoms with E-state index in [1.54, 1.807) is 7.05 Å². The number of rotatable bonds is 7. The Morgan fingerprint density at radius 2 is 1.96 bits per heavy atom. The molecule has 0 aliphatic carbocycles. The van der Waals surface area contributed by atoms with Gasteiger partial charge in [0.25, 0.3) is 0 Å². The Labute approximate surface area is 137 Å². The average Bonchev–Trinajstić information content (AvgIpc) is 2.60. The summed E-state index contributed by atoms with van der Waals surface area (Å²) in [7, 11) is 1.77. The summed E-state index contributed by atoms with van der Waals surface area (Å²) in [5, 5.41) is 6.61. The van der Waals surface area contributed by atoms with Gasteiger partial charge in [-0.15, -0.1) is 0 Å². The lowest BCUT2D eigenvalue weighted by Gasteiger charge is -2.14. The summed E-state index contributed by atoms with van der Waals surface area (Å²) in [6.07, 6.45) is 2.67. The molecule has 0 amide bonds. The minimum absolute atomic E-state index is 0.661. The lowest BCUT2D eigenvalue weighted by atomic mass is 10.2. The Kier molecular flexibility index (Phi) is 6.91.